The predicted octanol–water partition coefficient (Wildman–Crippen LogP) is 1.42. The molecule has 1 aromatic carbocycles. The summed E-state index contributed by atoms with van der Waals surface area (Å²) in [6.07, 6.45) is 0.976. The SMILES string of the molecule is C=CCNC(=O)COc1ccccc1[C@H](C)O. The van der Waals surface area contributed by atoms with E-state index in [1.807, 2.05) is 6.07 Å². The van der Waals surface area contributed by atoms with Gasteiger partial charge in [0.1, 0.15) is 5.75 Å². The minimum absolute atomic E-state index is 0.0719. The third-order valence-electron chi connectivity index (χ3n) is 2.17. The smallest absolute Gasteiger partial charge is 0.258 e. The third kappa shape index (κ3) is 4.28. The van der Waals surface area contributed by atoms with Crippen molar-refractivity contribution in [1.82, 2.24) is 5.32 Å². The molecule has 0 heterocycles. The molecule has 17 heavy (non-hydrogen) atoms. The van der Waals surface area contributed by atoms with Gasteiger partial charge >= 0.3 is 0 Å². The molecule has 1 atom stereocenters. The fourth-order valence-electron chi connectivity index (χ4n) is 1.34. The van der Waals surface area contributed by atoms with Gasteiger partial charge in [0.05, 0.1) is 6.10 Å². The van der Waals surface area contributed by atoms with Crippen LogP contribution in [0.15, 0.2) is 36.9 Å². The number of aliphatic hydroxyl groups excluding tert-OH is 1. The predicted molar refractivity (Wildman–Crippen MR) is 65.8 cm³/mol. The summed E-state index contributed by atoms with van der Waals surface area (Å²) in [4.78, 5) is 11.3. The minimum atomic E-state index is -0.623. The molecule has 1 rings (SSSR count). The zero-order chi connectivity index (χ0) is 12.7. The monoisotopic (exact) mass is 235 g/mol. The molecule has 2 N–H and O–H groups in total. The summed E-state index contributed by atoms with van der Waals surface area (Å²) in [6.45, 7) is 5.50. The maximum Gasteiger partial charge on any atom is 0.258 e. The molecule has 4 nitrogen and oxygen atoms in total. The molecule has 0 unspecified atom stereocenters. The number of hydrogen-bond acceptors (Lipinski definition) is 3. The average molecular weight is 235 g/mol. The fraction of sp³-hybridized carbons (Fsp3) is 0.308. The number of nitrogens with one attached hydrogen (secondary N) is 1. The molecule has 0 saturated heterocycles. The molecule has 0 aliphatic carbocycles. The van der Waals surface area contributed by atoms with Crippen molar-refractivity contribution in [3.63, 3.8) is 0 Å². The van der Waals surface area contributed by atoms with Crippen molar-refractivity contribution in [3.8, 4) is 5.75 Å². The summed E-state index contributed by atoms with van der Waals surface area (Å²) in [5.41, 5.74) is 0.670. The van der Waals surface area contributed by atoms with Crippen molar-refractivity contribution < 1.29 is 14.6 Å². The summed E-state index contributed by atoms with van der Waals surface area (Å²) in [5.74, 6) is 0.307. The molecule has 0 aromatic heterocycles. The molecule has 1 amide bonds. The number of carbonyl (C=O) groups excluding carboxylic acids is 1. The number of ether oxygens (including phenoxy) is 1. The Hall–Kier alpha value is -1.81. The number of para-hydroxylation sites is 1. The number of rotatable bonds is 6. The van der Waals surface area contributed by atoms with Crippen LogP contribution in [0, 0.1) is 0 Å². The van der Waals surface area contributed by atoms with E-state index >= 15 is 0 Å². The average Bonchev–Trinajstić information content (AvgIpc) is 2.34. The first-order valence-corrected chi connectivity index (χ1v) is 5.42. The van der Waals surface area contributed by atoms with Gasteiger partial charge < -0.3 is 15.2 Å². The minimum Gasteiger partial charge on any atom is -0.483 e. The maximum absolute atomic E-state index is 11.3. The van der Waals surface area contributed by atoms with Crippen molar-refractivity contribution in [2.45, 2.75) is 13.0 Å². The van der Waals surface area contributed by atoms with E-state index in [1.54, 1.807) is 31.2 Å². The van der Waals surface area contributed by atoms with Crippen LogP contribution in [-0.2, 0) is 4.79 Å². The quantitative estimate of drug-likeness (QED) is 0.733. The number of hydrogen-bond donors (Lipinski definition) is 2. The molecule has 0 radical (unpaired) electrons. The molecule has 92 valence electrons. The van der Waals surface area contributed by atoms with Crippen LogP contribution in [0.5, 0.6) is 5.75 Å². The Kier molecular flexibility index (Phi) is 5.23. The molecular formula is C13H17NO3. The van der Waals surface area contributed by atoms with Gasteiger partial charge in [-0.3, -0.25) is 4.79 Å². The van der Waals surface area contributed by atoms with Gasteiger partial charge in [0.25, 0.3) is 5.91 Å². The first kappa shape index (κ1) is 13.3. The summed E-state index contributed by atoms with van der Waals surface area (Å²) in [5, 5.41) is 12.1. The van der Waals surface area contributed by atoms with Gasteiger partial charge in [-0.25, -0.2) is 0 Å². The molecular weight excluding hydrogens is 218 g/mol. The largest absolute Gasteiger partial charge is 0.483 e. The molecule has 0 fully saturated rings. The van der Waals surface area contributed by atoms with E-state index in [1.165, 1.54) is 0 Å². The Morgan fingerprint density at radius 2 is 2.29 bits per heavy atom. The lowest BCUT2D eigenvalue weighted by Gasteiger charge is -2.12. The van der Waals surface area contributed by atoms with Crippen molar-refractivity contribution in [2.75, 3.05) is 13.2 Å². The molecule has 0 aliphatic heterocycles. The third-order valence-corrected chi connectivity index (χ3v) is 2.17. The van der Waals surface area contributed by atoms with Crippen LogP contribution >= 0.6 is 0 Å². The number of benzene rings is 1. The van der Waals surface area contributed by atoms with Crippen LogP contribution in [0.1, 0.15) is 18.6 Å². The van der Waals surface area contributed by atoms with E-state index in [2.05, 4.69) is 11.9 Å². The lowest BCUT2D eigenvalue weighted by molar-refractivity contribution is -0.122. The maximum atomic E-state index is 11.3. The van der Waals surface area contributed by atoms with Crippen molar-refractivity contribution in [2.24, 2.45) is 0 Å². The van der Waals surface area contributed by atoms with Gasteiger partial charge in [0.2, 0.25) is 0 Å². The summed E-state index contributed by atoms with van der Waals surface area (Å²) >= 11 is 0. The van der Waals surface area contributed by atoms with Gasteiger partial charge in [-0.15, -0.1) is 6.58 Å². The Morgan fingerprint density at radius 3 is 2.94 bits per heavy atom. The lowest BCUT2D eigenvalue weighted by Crippen LogP contribution is -2.29. The van der Waals surface area contributed by atoms with E-state index in [-0.39, 0.29) is 12.5 Å². The van der Waals surface area contributed by atoms with Crippen LogP contribution in [0.25, 0.3) is 0 Å². The first-order valence-electron chi connectivity index (χ1n) is 5.42. The van der Waals surface area contributed by atoms with Crippen LogP contribution in [0.2, 0.25) is 0 Å². The Labute approximate surface area is 101 Å². The van der Waals surface area contributed by atoms with Gasteiger partial charge in [0.15, 0.2) is 6.61 Å². The van der Waals surface area contributed by atoms with E-state index in [4.69, 9.17) is 4.74 Å². The molecule has 4 heteroatoms. The van der Waals surface area contributed by atoms with Crippen LogP contribution in [0.3, 0.4) is 0 Å². The molecule has 0 saturated carbocycles. The summed E-state index contributed by atoms with van der Waals surface area (Å²) < 4.78 is 5.35. The van der Waals surface area contributed by atoms with Crippen LogP contribution in [-0.4, -0.2) is 24.2 Å². The zero-order valence-corrected chi connectivity index (χ0v) is 9.85. The van der Waals surface area contributed by atoms with E-state index in [0.29, 0.717) is 17.9 Å². The fourth-order valence-corrected chi connectivity index (χ4v) is 1.34. The van der Waals surface area contributed by atoms with Crippen molar-refractivity contribution >= 4 is 5.91 Å². The van der Waals surface area contributed by atoms with E-state index < -0.39 is 6.10 Å². The molecule has 0 bridgehead atoms. The van der Waals surface area contributed by atoms with Gasteiger partial charge in [0, 0.05) is 12.1 Å². The lowest BCUT2D eigenvalue weighted by atomic mass is 10.1. The molecule has 0 spiro atoms. The molecule has 0 aliphatic rings. The van der Waals surface area contributed by atoms with Crippen molar-refractivity contribution in [3.05, 3.63) is 42.5 Å². The highest BCUT2D eigenvalue weighted by atomic mass is 16.5. The second kappa shape index (κ2) is 6.70. The second-order valence-electron chi connectivity index (χ2n) is 3.60. The topological polar surface area (TPSA) is 58.6 Å². The zero-order valence-electron chi connectivity index (χ0n) is 9.85. The summed E-state index contributed by atoms with van der Waals surface area (Å²) in [7, 11) is 0. The van der Waals surface area contributed by atoms with Crippen LogP contribution in [0.4, 0.5) is 0 Å². The Bertz CT molecular complexity index is 388. The van der Waals surface area contributed by atoms with E-state index in [0.717, 1.165) is 0 Å². The highest BCUT2D eigenvalue weighted by Crippen LogP contribution is 2.24. The second-order valence-corrected chi connectivity index (χ2v) is 3.60. The van der Waals surface area contributed by atoms with Gasteiger partial charge in [-0.2, -0.15) is 0 Å². The van der Waals surface area contributed by atoms with Crippen molar-refractivity contribution in [1.29, 1.82) is 0 Å². The van der Waals surface area contributed by atoms with Gasteiger partial charge in [-0.05, 0) is 13.0 Å². The van der Waals surface area contributed by atoms with E-state index in [9.17, 15) is 9.90 Å². The summed E-state index contributed by atoms with van der Waals surface area (Å²) in [6, 6.07) is 7.10. The number of carbonyl (C=O) groups is 1. The Balaban J connectivity index is 2.56. The highest BCUT2D eigenvalue weighted by molar-refractivity contribution is 5.77. The first-order chi connectivity index (χ1) is 8.15. The molecule has 1 aromatic rings. The van der Waals surface area contributed by atoms with Gasteiger partial charge in [-0.1, -0.05) is 24.3 Å². The number of aliphatic hydroxyl groups is 1. The number of amides is 1. The highest BCUT2D eigenvalue weighted by Gasteiger charge is 2.09. The normalized spacial score (nSPS) is 11.6. The standard InChI is InChI=1S/C13H17NO3/c1-3-8-14-13(16)9-17-12-7-5-4-6-11(12)10(2)15/h3-7,10,15H,1,8-9H2,2H3,(H,14,16)/t10-/m0/s1. The van der Waals surface area contributed by atoms with Crippen LogP contribution < -0.4 is 10.1 Å². The Morgan fingerprint density at radius 1 is 1.59 bits per heavy atom.